The zero-order chi connectivity index (χ0) is 10.1. The van der Waals surface area contributed by atoms with Gasteiger partial charge in [-0.2, -0.15) is 0 Å². The summed E-state index contributed by atoms with van der Waals surface area (Å²) in [6, 6.07) is 4.05. The summed E-state index contributed by atoms with van der Waals surface area (Å²) in [4.78, 5) is 13.7. The third-order valence-corrected chi connectivity index (χ3v) is 2.02. The number of rotatable bonds is 7. The Kier molecular flexibility index (Phi) is 5.40. The van der Waals surface area contributed by atoms with Gasteiger partial charge in [-0.15, -0.1) is 0 Å². The second-order valence-electron chi connectivity index (χ2n) is 3.10. The van der Waals surface area contributed by atoms with Gasteiger partial charge in [0.05, 0.1) is 6.61 Å². The Morgan fingerprint density at radius 2 is 2.00 bits per heavy atom. The van der Waals surface area contributed by atoms with Gasteiger partial charge in [0.1, 0.15) is 0 Å². The van der Waals surface area contributed by atoms with Crippen LogP contribution in [0, 0.1) is 0 Å². The first-order valence-corrected chi connectivity index (χ1v) is 4.81. The van der Waals surface area contributed by atoms with Crippen molar-refractivity contribution in [3.8, 4) is 0 Å². The number of unbranched alkanes of at least 4 members (excludes halogenated alkanes) is 2. The van der Waals surface area contributed by atoms with Crippen molar-refractivity contribution in [2.24, 2.45) is 0 Å². The second kappa shape index (κ2) is 7.06. The number of hydrogen-bond acceptors (Lipinski definition) is 3. The van der Waals surface area contributed by atoms with Gasteiger partial charge in [0.15, 0.2) is 0 Å². The predicted octanol–water partition coefficient (Wildman–Crippen LogP) is 1.88. The fourth-order valence-corrected chi connectivity index (χ4v) is 1.27. The molecule has 1 radical (unpaired) electrons. The lowest BCUT2D eigenvalue weighted by molar-refractivity contribution is 0.269. The molecule has 0 aromatic carbocycles. The normalized spacial score (nSPS) is 9.71. The number of aromatic nitrogens is 1. The van der Waals surface area contributed by atoms with Crippen molar-refractivity contribution in [3.05, 3.63) is 30.1 Å². The van der Waals surface area contributed by atoms with E-state index in [0.717, 1.165) is 25.7 Å². The summed E-state index contributed by atoms with van der Waals surface area (Å²) in [6.07, 6.45) is 7.78. The maximum absolute atomic E-state index is 9.70. The van der Waals surface area contributed by atoms with Gasteiger partial charge in [0.25, 0.3) is 0 Å². The first-order valence-electron chi connectivity index (χ1n) is 4.81. The van der Waals surface area contributed by atoms with E-state index < -0.39 is 0 Å². The molecule has 0 atom stereocenters. The summed E-state index contributed by atoms with van der Waals surface area (Å²) < 4.78 is 4.47. The minimum atomic E-state index is 0.486. The Labute approximate surface area is 84.1 Å². The molecular formula is C11H14NO2. The topological polar surface area (TPSA) is 39.2 Å². The average molecular weight is 192 g/mol. The van der Waals surface area contributed by atoms with Crippen LogP contribution in [0.4, 0.5) is 0 Å². The van der Waals surface area contributed by atoms with Crippen LogP contribution in [0.5, 0.6) is 0 Å². The number of hydrogen-bond donors (Lipinski definition) is 0. The highest BCUT2D eigenvalue weighted by molar-refractivity contribution is 5.37. The molecule has 14 heavy (non-hydrogen) atoms. The Balaban J connectivity index is 2.02. The molecule has 0 aliphatic rings. The van der Waals surface area contributed by atoms with Crippen LogP contribution in [0.2, 0.25) is 0 Å². The van der Waals surface area contributed by atoms with Crippen LogP contribution in [0.3, 0.4) is 0 Å². The molecule has 0 saturated heterocycles. The van der Waals surface area contributed by atoms with Gasteiger partial charge in [-0.05, 0) is 43.4 Å². The lowest BCUT2D eigenvalue weighted by Crippen LogP contribution is -1.92. The van der Waals surface area contributed by atoms with E-state index in [2.05, 4.69) is 9.72 Å². The molecule has 3 nitrogen and oxygen atoms in total. The summed E-state index contributed by atoms with van der Waals surface area (Å²) in [5.41, 5.74) is 1.31. The smallest absolute Gasteiger partial charge is 0.417 e. The molecule has 0 bridgehead atoms. The fourth-order valence-electron chi connectivity index (χ4n) is 1.27. The molecule has 1 aromatic heterocycles. The molecule has 0 aliphatic carbocycles. The summed E-state index contributed by atoms with van der Waals surface area (Å²) in [7, 11) is 0. The molecule has 3 heteroatoms. The van der Waals surface area contributed by atoms with Gasteiger partial charge < -0.3 is 4.74 Å². The number of ether oxygens (including phenoxy) is 1. The van der Waals surface area contributed by atoms with Crippen LogP contribution in [-0.2, 0) is 16.0 Å². The van der Waals surface area contributed by atoms with Gasteiger partial charge in [-0.3, -0.25) is 4.98 Å². The van der Waals surface area contributed by atoms with Crippen molar-refractivity contribution in [2.75, 3.05) is 6.61 Å². The summed E-state index contributed by atoms with van der Waals surface area (Å²) in [5.74, 6) is 0. The summed E-state index contributed by atoms with van der Waals surface area (Å²) in [6.45, 7) is 1.90. The number of aryl methyl sites for hydroxylation is 1. The van der Waals surface area contributed by atoms with E-state index in [1.165, 1.54) is 12.0 Å². The Hall–Kier alpha value is -1.38. The monoisotopic (exact) mass is 192 g/mol. The van der Waals surface area contributed by atoms with E-state index in [1.54, 1.807) is 12.4 Å². The van der Waals surface area contributed by atoms with Gasteiger partial charge in [0, 0.05) is 12.4 Å². The van der Waals surface area contributed by atoms with E-state index in [0.29, 0.717) is 6.61 Å². The standard InChI is InChI=1S/C11H14NO2/c13-10-14-9-3-1-2-4-11-5-7-12-8-6-11/h5-8H,1-4,9H2. The van der Waals surface area contributed by atoms with Gasteiger partial charge in [0.2, 0.25) is 0 Å². The van der Waals surface area contributed by atoms with E-state index in [9.17, 15) is 4.79 Å². The van der Waals surface area contributed by atoms with Crippen molar-refractivity contribution in [2.45, 2.75) is 25.7 Å². The number of pyridine rings is 1. The number of nitrogens with zero attached hydrogens (tertiary/aromatic N) is 1. The molecule has 0 spiro atoms. The molecule has 1 aromatic rings. The average Bonchev–Trinajstić information content (AvgIpc) is 2.25. The van der Waals surface area contributed by atoms with Crippen LogP contribution in [0.1, 0.15) is 24.8 Å². The minimum absolute atomic E-state index is 0.486. The van der Waals surface area contributed by atoms with E-state index in [4.69, 9.17) is 0 Å². The first-order chi connectivity index (χ1) is 6.93. The predicted molar refractivity (Wildman–Crippen MR) is 53.4 cm³/mol. The molecule has 0 saturated carbocycles. The molecular weight excluding hydrogens is 178 g/mol. The highest BCUT2D eigenvalue weighted by Gasteiger charge is 1.93. The molecule has 0 fully saturated rings. The van der Waals surface area contributed by atoms with Gasteiger partial charge >= 0.3 is 6.47 Å². The molecule has 0 amide bonds. The Morgan fingerprint density at radius 3 is 2.71 bits per heavy atom. The molecule has 75 valence electrons. The molecule has 0 unspecified atom stereocenters. The van der Waals surface area contributed by atoms with Crippen molar-refractivity contribution < 1.29 is 9.53 Å². The largest absolute Gasteiger partial charge is 0.457 e. The van der Waals surface area contributed by atoms with Gasteiger partial charge in [-0.1, -0.05) is 0 Å². The van der Waals surface area contributed by atoms with E-state index >= 15 is 0 Å². The SMILES string of the molecule is O=[C]OCCCCCc1ccncc1. The third kappa shape index (κ3) is 4.60. The van der Waals surface area contributed by atoms with Crippen LogP contribution in [0.15, 0.2) is 24.5 Å². The van der Waals surface area contributed by atoms with E-state index in [-0.39, 0.29) is 0 Å². The maximum Gasteiger partial charge on any atom is 0.417 e. The highest BCUT2D eigenvalue weighted by Crippen LogP contribution is 2.04. The third-order valence-electron chi connectivity index (χ3n) is 2.02. The number of carbonyl (C=O) groups excluding carboxylic acids is 1. The Bertz CT molecular complexity index is 249. The lowest BCUT2D eigenvalue weighted by atomic mass is 10.1. The maximum atomic E-state index is 9.70. The van der Waals surface area contributed by atoms with Crippen molar-refractivity contribution in [3.63, 3.8) is 0 Å². The molecule has 0 aliphatic heterocycles. The summed E-state index contributed by atoms with van der Waals surface area (Å²) in [5, 5.41) is 0. The fraction of sp³-hybridized carbons (Fsp3) is 0.455. The van der Waals surface area contributed by atoms with Crippen LogP contribution in [-0.4, -0.2) is 18.1 Å². The molecule has 1 heterocycles. The van der Waals surface area contributed by atoms with Crippen molar-refractivity contribution in [1.82, 2.24) is 4.98 Å². The summed E-state index contributed by atoms with van der Waals surface area (Å²) >= 11 is 0. The quantitative estimate of drug-likeness (QED) is 0.619. The van der Waals surface area contributed by atoms with Crippen LogP contribution >= 0.6 is 0 Å². The Morgan fingerprint density at radius 1 is 1.21 bits per heavy atom. The highest BCUT2D eigenvalue weighted by atomic mass is 16.5. The van der Waals surface area contributed by atoms with Gasteiger partial charge in [-0.25, -0.2) is 4.79 Å². The van der Waals surface area contributed by atoms with Crippen LogP contribution in [0.25, 0.3) is 0 Å². The van der Waals surface area contributed by atoms with E-state index in [1.807, 2.05) is 12.1 Å². The second-order valence-corrected chi connectivity index (χ2v) is 3.10. The van der Waals surface area contributed by atoms with Crippen molar-refractivity contribution >= 4 is 6.47 Å². The lowest BCUT2D eigenvalue weighted by Gasteiger charge is -2.00. The zero-order valence-electron chi connectivity index (χ0n) is 8.11. The molecule has 0 N–H and O–H groups in total. The minimum Gasteiger partial charge on any atom is -0.457 e. The zero-order valence-corrected chi connectivity index (χ0v) is 8.11. The first kappa shape index (κ1) is 10.7. The van der Waals surface area contributed by atoms with Crippen LogP contribution < -0.4 is 0 Å². The molecule has 1 rings (SSSR count). The van der Waals surface area contributed by atoms with Crippen molar-refractivity contribution in [1.29, 1.82) is 0 Å².